The number of fused-ring (bicyclic) bond motifs is 1. The Morgan fingerprint density at radius 1 is 1.29 bits per heavy atom. The zero-order valence-corrected chi connectivity index (χ0v) is 8.07. The third kappa shape index (κ3) is 1.77. The summed E-state index contributed by atoms with van der Waals surface area (Å²) in [6, 6.07) is 7.97. The molecule has 1 aliphatic carbocycles. The summed E-state index contributed by atoms with van der Waals surface area (Å²) >= 11 is 0. The van der Waals surface area contributed by atoms with Gasteiger partial charge in [0.15, 0.2) is 0 Å². The van der Waals surface area contributed by atoms with Gasteiger partial charge in [0, 0.05) is 0 Å². The van der Waals surface area contributed by atoms with Gasteiger partial charge in [-0.05, 0) is 24.3 Å². The minimum absolute atomic E-state index is 0.0128. The average molecular weight is 193 g/mol. The smallest absolute Gasteiger partial charge is 0.114 e. The van der Waals surface area contributed by atoms with Gasteiger partial charge in [-0.15, -0.1) is 0 Å². The Bertz CT molecular complexity index is 336. The summed E-state index contributed by atoms with van der Waals surface area (Å²) in [6.07, 6.45) is 1.80. The number of hydrogen-bond donors (Lipinski definition) is 4. The normalized spacial score (nSPS) is 17.9. The van der Waals surface area contributed by atoms with Gasteiger partial charge in [0.05, 0.1) is 6.04 Å². The summed E-state index contributed by atoms with van der Waals surface area (Å²) in [5.41, 5.74) is 2.26. The largest absolute Gasteiger partial charge is 0.510 e. The van der Waals surface area contributed by atoms with Crippen LogP contribution in [0.1, 0.15) is 17.2 Å². The molecule has 6 N–H and O–H groups in total. The van der Waals surface area contributed by atoms with E-state index in [4.69, 9.17) is 0 Å². The van der Waals surface area contributed by atoms with Crippen LogP contribution in [-0.2, 0) is 0 Å². The second-order valence-corrected chi connectivity index (χ2v) is 2.92. The quantitative estimate of drug-likeness (QED) is 0.390. The van der Waals surface area contributed by atoms with E-state index in [1.807, 2.05) is 31.3 Å². The zero-order chi connectivity index (χ0) is 10.6. The van der Waals surface area contributed by atoms with Crippen molar-refractivity contribution >= 4 is 6.08 Å². The zero-order valence-electron chi connectivity index (χ0n) is 8.07. The number of aliphatic hydroxyl groups excluding tert-OH is 1. The lowest BCUT2D eigenvalue weighted by molar-refractivity contribution is 0.362. The third-order valence-electron chi connectivity index (χ3n) is 2.19. The predicted molar refractivity (Wildman–Crippen MR) is 57.2 cm³/mol. The Balaban J connectivity index is 0.000000461. The number of nitrogens with two attached hydrogens (primary N) is 2. The molecule has 0 fully saturated rings. The van der Waals surface area contributed by atoms with Gasteiger partial charge in [0.25, 0.3) is 0 Å². The summed E-state index contributed by atoms with van der Waals surface area (Å²) in [7, 11) is 1.84. The van der Waals surface area contributed by atoms with E-state index in [0.29, 0.717) is 5.76 Å². The molecule has 1 aromatic rings. The first-order valence-corrected chi connectivity index (χ1v) is 4.33. The summed E-state index contributed by atoms with van der Waals surface area (Å²) in [5.74, 6) is 8.40. The Morgan fingerprint density at radius 3 is 2.57 bits per heavy atom. The highest BCUT2D eigenvalue weighted by Gasteiger charge is 2.22. The van der Waals surface area contributed by atoms with Gasteiger partial charge < -0.3 is 10.4 Å². The molecule has 2 rings (SSSR count). The van der Waals surface area contributed by atoms with Gasteiger partial charge in [-0.1, -0.05) is 24.3 Å². The molecule has 0 saturated heterocycles. The Labute approximate surface area is 83.2 Å². The lowest BCUT2D eigenvalue weighted by atomic mass is 10.1. The molecule has 0 saturated carbocycles. The van der Waals surface area contributed by atoms with Crippen molar-refractivity contribution in [1.29, 1.82) is 0 Å². The summed E-state index contributed by atoms with van der Waals surface area (Å²) in [6.45, 7) is 0. The third-order valence-corrected chi connectivity index (χ3v) is 2.19. The van der Waals surface area contributed by atoms with Crippen molar-refractivity contribution in [3.63, 3.8) is 0 Å². The lowest BCUT2D eigenvalue weighted by Gasteiger charge is -2.10. The molecular weight excluding hydrogens is 178 g/mol. The van der Waals surface area contributed by atoms with Crippen LogP contribution >= 0.6 is 0 Å². The van der Waals surface area contributed by atoms with Crippen molar-refractivity contribution in [2.45, 2.75) is 6.04 Å². The maximum absolute atomic E-state index is 9.51. The van der Waals surface area contributed by atoms with Crippen molar-refractivity contribution in [3.8, 4) is 0 Å². The molecule has 0 bridgehead atoms. The Morgan fingerprint density at radius 2 is 1.93 bits per heavy atom. The first-order chi connectivity index (χ1) is 6.83. The second kappa shape index (κ2) is 4.76. The van der Waals surface area contributed by atoms with Gasteiger partial charge >= 0.3 is 0 Å². The van der Waals surface area contributed by atoms with Crippen LogP contribution in [0.5, 0.6) is 0 Å². The van der Waals surface area contributed by atoms with E-state index in [1.54, 1.807) is 6.08 Å². The fourth-order valence-corrected chi connectivity index (χ4v) is 1.61. The monoisotopic (exact) mass is 193 g/mol. The van der Waals surface area contributed by atoms with Crippen molar-refractivity contribution in [2.24, 2.45) is 11.7 Å². The molecule has 1 aliphatic rings. The van der Waals surface area contributed by atoms with Crippen LogP contribution < -0.4 is 17.0 Å². The number of hydrogen-bond acceptors (Lipinski definition) is 4. The van der Waals surface area contributed by atoms with Crippen molar-refractivity contribution < 1.29 is 5.11 Å². The van der Waals surface area contributed by atoms with E-state index in [1.165, 1.54) is 0 Å². The molecule has 0 aliphatic heterocycles. The van der Waals surface area contributed by atoms with Crippen LogP contribution in [0.4, 0.5) is 0 Å². The minimum Gasteiger partial charge on any atom is -0.510 e. The Hall–Kier alpha value is -1.36. The number of aliphatic hydroxyl groups is 1. The molecule has 0 heterocycles. The number of nitrogens with one attached hydrogen (secondary N) is 1. The van der Waals surface area contributed by atoms with Crippen LogP contribution in [0.3, 0.4) is 0 Å². The molecule has 14 heavy (non-hydrogen) atoms. The summed E-state index contributed by atoms with van der Waals surface area (Å²) in [5, 5.41) is 12.6. The standard InChI is InChI=1S/C10H11NO.H4N2/c1-11-10-8-5-3-2-4-7(8)6-9(10)12;1-2/h2-6,10-12H,1H3;1-2H2. The fraction of sp³-hybridized carbons (Fsp3) is 0.200. The number of hydrazine groups is 1. The van der Waals surface area contributed by atoms with Crippen LogP contribution in [0.2, 0.25) is 0 Å². The number of rotatable bonds is 1. The molecule has 1 aromatic carbocycles. The fourth-order valence-electron chi connectivity index (χ4n) is 1.61. The van der Waals surface area contributed by atoms with Gasteiger partial charge in [-0.2, -0.15) is 0 Å². The molecule has 1 unspecified atom stereocenters. The molecule has 0 aromatic heterocycles. The summed E-state index contributed by atoms with van der Waals surface area (Å²) in [4.78, 5) is 0. The lowest BCUT2D eigenvalue weighted by Crippen LogP contribution is -2.15. The molecule has 0 spiro atoms. The highest BCUT2D eigenvalue weighted by molar-refractivity contribution is 5.64. The van der Waals surface area contributed by atoms with Crippen molar-refractivity contribution in [1.82, 2.24) is 5.32 Å². The predicted octanol–water partition coefficient (Wildman–Crippen LogP) is 0.678. The topological polar surface area (TPSA) is 84.3 Å². The van der Waals surface area contributed by atoms with Gasteiger partial charge in [-0.3, -0.25) is 11.7 Å². The molecule has 76 valence electrons. The maximum Gasteiger partial charge on any atom is 0.114 e. The van der Waals surface area contributed by atoms with E-state index in [0.717, 1.165) is 11.1 Å². The molecular formula is C10H15N3O. The van der Waals surface area contributed by atoms with Crippen LogP contribution in [0.25, 0.3) is 6.08 Å². The van der Waals surface area contributed by atoms with Crippen LogP contribution in [0.15, 0.2) is 30.0 Å². The molecule has 4 nitrogen and oxygen atoms in total. The minimum atomic E-state index is -0.0128. The first-order valence-electron chi connectivity index (χ1n) is 4.33. The number of likely N-dealkylation sites (N-methyl/N-ethyl adjacent to an activating group) is 1. The van der Waals surface area contributed by atoms with E-state index < -0.39 is 0 Å². The molecule has 0 radical (unpaired) electrons. The first kappa shape index (κ1) is 10.7. The average Bonchev–Trinajstić information content (AvgIpc) is 2.56. The van der Waals surface area contributed by atoms with Crippen LogP contribution in [-0.4, -0.2) is 12.2 Å². The van der Waals surface area contributed by atoms with Gasteiger partial charge in [-0.25, -0.2) is 0 Å². The Kier molecular flexibility index (Phi) is 3.64. The van der Waals surface area contributed by atoms with E-state index in [-0.39, 0.29) is 6.04 Å². The maximum atomic E-state index is 9.51. The summed E-state index contributed by atoms with van der Waals surface area (Å²) < 4.78 is 0. The van der Waals surface area contributed by atoms with E-state index in [9.17, 15) is 5.11 Å². The van der Waals surface area contributed by atoms with E-state index in [2.05, 4.69) is 17.0 Å². The highest BCUT2D eigenvalue weighted by Crippen LogP contribution is 2.31. The van der Waals surface area contributed by atoms with Gasteiger partial charge in [0.1, 0.15) is 5.76 Å². The van der Waals surface area contributed by atoms with Gasteiger partial charge in [0.2, 0.25) is 0 Å². The van der Waals surface area contributed by atoms with Crippen molar-refractivity contribution in [3.05, 3.63) is 41.2 Å². The number of benzene rings is 1. The SMILES string of the molecule is CNC1C(O)=Cc2ccccc21.NN. The van der Waals surface area contributed by atoms with Crippen LogP contribution in [0, 0.1) is 0 Å². The molecule has 1 atom stereocenters. The highest BCUT2D eigenvalue weighted by atomic mass is 16.3. The van der Waals surface area contributed by atoms with E-state index >= 15 is 0 Å². The molecule has 4 heteroatoms. The second-order valence-electron chi connectivity index (χ2n) is 2.92. The molecule has 0 amide bonds. The van der Waals surface area contributed by atoms with Crippen molar-refractivity contribution in [2.75, 3.05) is 7.05 Å².